The Morgan fingerprint density at radius 3 is 3.05 bits per heavy atom. The van der Waals surface area contributed by atoms with E-state index < -0.39 is 0 Å². The van der Waals surface area contributed by atoms with Gasteiger partial charge in [0, 0.05) is 17.6 Å². The van der Waals surface area contributed by atoms with Gasteiger partial charge in [-0.25, -0.2) is 0 Å². The second-order valence-electron chi connectivity index (χ2n) is 4.57. The molecule has 1 saturated heterocycles. The number of hydrogen-bond acceptors (Lipinski definition) is 3. The fourth-order valence-corrected chi connectivity index (χ4v) is 2.65. The van der Waals surface area contributed by atoms with Gasteiger partial charge in [-0.05, 0) is 47.0 Å². The van der Waals surface area contributed by atoms with Crippen LogP contribution in [0.4, 0.5) is 0 Å². The first kappa shape index (κ1) is 13.9. The Balaban J connectivity index is 2.21. The molecule has 0 spiro atoms. The molecule has 1 atom stereocenters. The molecule has 1 aliphatic rings. The Labute approximate surface area is 121 Å². The van der Waals surface area contributed by atoms with Crippen LogP contribution < -0.4 is 4.74 Å². The van der Waals surface area contributed by atoms with Gasteiger partial charge in [-0.1, -0.05) is 0 Å². The van der Waals surface area contributed by atoms with Crippen molar-refractivity contribution < 1.29 is 9.53 Å². The lowest BCUT2D eigenvalue weighted by atomic mass is 9.99. The van der Waals surface area contributed by atoms with Crippen molar-refractivity contribution in [2.24, 2.45) is 5.92 Å². The number of rotatable bonds is 2. The highest BCUT2D eigenvalue weighted by molar-refractivity contribution is 9.10. The van der Waals surface area contributed by atoms with Crippen molar-refractivity contribution in [3.63, 3.8) is 0 Å². The smallest absolute Gasteiger partial charge is 0.255 e. The van der Waals surface area contributed by atoms with Crippen LogP contribution in [0.2, 0.25) is 0 Å². The summed E-state index contributed by atoms with van der Waals surface area (Å²) in [6.07, 6.45) is 1.76. The number of halogens is 1. The van der Waals surface area contributed by atoms with E-state index in [-0.39, 0.29) is 11.8 Å². The Bertz CT molecular complexity index is 525. The maximum Gasteiger partial charge on any atom is 0.255 e. The van der Waals surface area contributed by atoms with Crippen LogP contribution in [-0.4, -0.2) is 31.0 Å². The van der Waals surface area contributed by atoms with Gasteiger partial charge in [-0.2, -0.15) is 5.26 Å². The monoisotopic (exact) mass is 322 g/mol. The van der Waals surface area contributed by atoms with Crippen LogP contribution in [0.5, 0.6) is 5.75 Å². The maximum atomic E-state index is 12.5. The molecule has 100 valence electrons. The Hall–Kier alpha value is -1.54. The van der Waals surface area contributed by atoms with Crippen molar-refractivity contribution in [2.75, 3.05) is 20.2 Å². The quantitative estimate of drug-likeness (QED) is 0.841. The molecule has 19 heavy (non-hydrogen) atoms. The lowest BCUT2D eigenvalue weighted by Gasteiger charge is -2.30. The van der Waals surface area contributed by atoms with E-state index in [9.17, 15) is 4.79 Å². The molecule has 0 aromatic heterocycles. The van der Waals surface area contributed by atoms with Gasteiger partial charge in [0.2, 0.25) is 0 Å². The van der Waals surface area contributed by atoms with Crippen LogP contribution in [0.15, 0.2) is 22.7 Å². The number of likely N-dealkylation sites (tertiary alicyclic amines) is 1. The zero-order valence-electron chi connectivity index (χ0n) is 10.7. The summed E-state index contributed by atoms with van der Waals surface area (Å²) in [6.45, 7) is 1.22. The number of carbonyl (C=O) groups is 1. The first-order valence-corrected chi connectivity index (χ1v) is 6.97. The van der Waals surface area contributed by atoms with Crippen LogP contribution in [0.3, 0.4) is 0 Å². The molecule has 1 aliphatic heterocycles. The van der Waals surface area contributed by atoms with Crippen LogP contribution in [0.25, 0.3) is 0 Å². The fourth-order valence-electron chi connectivity index (χ4n) is 2.23. The summed E-state index contributed by atoms with van der Waals surface area (Å²) in [5.41, 5.74) is 0.581. The summed E-state index contributed by atoms with van der Waals surface area (Å²) >= 11 is 3.39. The van der Waals surface area contributed by atoms with Crippen LogP contribution in [0.1, 0.15) is 23.2 Å². The lowest BCUT2D eigenvalue weighted by molar-refractivity contribution is 0.0697. The Morgan fingerprint density at radius 2 is 2.37 bits per heavy atom. The molecule has 2 rings (SSSR count). The number of amides is 1. The number of hydrogen-bond donors (Lipinski definition) is 0. The van der Waals surface area contributed by atoms with Gasteiger partial charge in [0.05, 0.1) is 24.7 Å². The molecule has 1 unspecified atom stereocenters. The van der Waals surface area contributed by atoms with Gasteiger partial charge < -0.3 is 9.64 Å². The Morgan fingerprint density at radius 1 is 1.58 bits per heavy atom. The zero-order valence-corrected chi connectivity index (χ0v) is 12.3. The highest BCUT2D eigenvalue weighted by Gasteiger charge is 2.25. The average Bonchev–Trinajstić information content (AvgIpc) is 2.47. The van der Waals surface area contributed by atoms with Crippen LogP contribution in [-0.2, 0) is 0 Å². The van der Waals surface area contributed by atoms with Gasteiger partial charge in [-0.3, -0.25) is 4.79 Å². The standard InChI is InChI=1S/C14H15BrN2O2/c1-19-11-4-5-13(15)12(7-11)14(18)17-6-2-3-10(8-16)9-17/h4-5,7,10H,2-3,6,9H2,1H3. The predicted molar refractivity (Wildman–Crippen MR) is 74.9 cm³/mol. The van der Waals surface area contributed by atoms with Crippen LogP contribution in [0, 0.1) is 17.2 Å². The molecule has 0 N–H and O–H groups in total. The zero-order chi connectivity index (χ0) is 13.8. The first-order chi connectivity index (χ1) is 9.15. The van der Waals surface area contributed by atoms with Gasteiger partial charge in [0.15, 0.2) is 0 Å². The van der Waals surface area contributed by atoms with Crippen molar-refractivity contribution >= 4 is 21.8 Å². The summed E-state index contributed by atoms with van der Waals surface area (Å²) in [5, 5.41) is 8.98. The number of piperidine rings is 1. The van der Waals surface area contributed by atoms with E-state index in [1.165, 1.54) is 0 Å². The Kier molecular flexibility index (Phi) is 4.43. The summed E-state index contributed by atoms with van der Waals surface area (Å²) in [7, 11) is 1.57. The minimum atomic E-state index is -0.0536. The predicted octanol–water partition coefficient (Wildman–Crippen LogP) is 2.83. The summed E-state index contributed by atoms with van der Waals surface area (Å²) in [4.78, 5) is 14.2. The van der Waals surface area contributed by atoms with Crippen molar-refractivity contribution in [2.45, 2.75) is 12.8 Å². The fraction of sp³-hybridized carbons (Fsp3) is 0.429. The first-order valence-electron chi connectivity index (χ1n) is 6.18. The molecule has 1 aromatic carbocycles. The molecule has 0 saturated carbocycles. The molecular weight excluding hydrogens is 308 g/mol. The maximum absolute atomic E-state index is 12.5. The van der Waals surface area contributed by atoms with Gasteiger partial charge >= 0.3 is 0 Å². The topological polar surface area (TPSA) is 53.3 Å². The molecule has 0 radical (unpaired) electrons. The number of nitriles is 1. The molecule has 1 heterocycles. The molecule has 0 bridgehead atoms. The normalized spacial score (nSPS) is 18.8. The van der Waals surface area contributed by atoms with E-state index in [1.54, 1.807) is 30.2 Å². The number of benzene rings is 1. The number of carbonyl (C=O) groups excluding carboxylic acids is 1. The van der Waals surface area contributed by atoms with E-state index in [0.29, 0.717) is 24.4 Å². The largest absolute Gasteiger partial charge is 0.497 e. The van der Waals surface area contributed by atoms with E-state index in [2.05, 4.69) is 22.0 Å². The third kappa shape index (κ3) is 3.07. The number of methoxy groups -OCH3 is 1. The number of nitrogens with zero attached hydrogens (tertiary/aromatic N) is 2. The minimum absolute atomic E-state index is 0.0503. The average molecular weight is 323 g/mol. The minimum Gasteiger partial charge on any atom is -0.497 e. The van der Waals surface area contributed by atoms with Gasteiger partial charge in [0.25, 0.3) is 5.91 Å². The van der Waals surface area contributed by atoms with E-state index in [4.69, 9.17) is 10.00 Å². The van der Waals surface area contributed by atoms with Gasteiger partial charge in [0.1, 0.15) is 5.75 Å². The van der Waals surface area contributed by atoms with Crippen molar-refractivity contribution in [1.29, 1.82) is 5.26 Å². The second kappa shape index (κ2) is 6.07. The third-order valence-corrected chi connectivity index (χ3v) is 3.99. The highest BCUT2D eigenvalue weighted by Crippen LogP contribution is 2.25. The SMILES string of the molecule is COc1ccc(Br)c(C(=O)N2CCCC(C#N)C2)c1. The second-order valence-corrected chi connectivity index (χ2v) is 5.42. The van der Waals surface area contributed by atoms with Crippen molar-refractivity contribution in [1.82, 2.24) is 4.90 Å². The van der Waals surface area contributed by atoms with E-state index in [0.717, 1.165) is 17.3 Å². The van der Waals surface area contributed by atoms with Crippen LogP contribution >= 0.6 is 15.9 Å². The molecule has 1 aromatic rings. The third-order valence-electron chi connectivity index (χ3n) is 3.30. The summed E-state index contributed by atoms with van der Waals surface area (Å²) in [6, 6.07) is 7.58. The summed E-state index contributed by atoms with van der Waals surface area (Å²) < 4.78 is 5.89. The van der Waals surface area contributed by atoms with Crippen molar-refractivity contribution in [3.8, 4) is 11.8 Å². The molecular formula is C14H15BrN2O2. The summed E-state index contributed by atoms with van der Waals surface area (Å²) in [5.74, 6) is 0.549. The van der Waals surface area contributed by atoms with Crippen molar-refractivity contribution in [3.05, 3.63) is 28.2 Å². The molecule has 1 amide bonds. The molecule has 1 fully saturated rings. The highest BCUT2D eigenvalue weighted by atomic mass is 79.9. The molecule has 4 nitrogen and oxygen atoms in total. The van der Waals surface area contributed by atoms with Gasteiger partial charge in [-0.15, -0.1) is 0 Å². The van der Waals surface area contributed by atoms with E-state index >= 15 is 0 Å². The molecule has 0 aliphatic carbocycles. The lowest BCUT2D eigenvalue weighted by Crippen LogP contribution is -2.39. The van der Waals surface area contributed by atoms with E-state index in [1.807, 2.05) is 0 Å². The number of ether oxygens (including phenoxy) is 1. The molecule has 5 heteroatoms.